The predicted octanol–water partition coefficient (Wildman–Crippen LogP) is 4.22. The number of carbonyl (C=O) groups excluding carboxylic acids is 1. The molecule has 0 heterocycles. The third-order valence-electron chi connectivity index (χ3n) is 2.24. The molecular weight excluding hydrogens is 366 g/mol. The highest BCUT2D eigenvalue weighted by Gasteiger charge is 2.93. The van der Waals surface area contributed by atoms with E-state index in [2.05, 4.69) is 0 Å². The first kappa shape index (κ1) is 20.7. The molecule has 0 saturated heterocycles. The molecule has 1 atom stereocenters. The van der Waals surface area contributed by atoms with Crippen LogP contribution in [0.5, 0.6) is 0 Å². The molecule has 0 saturated carbocycles. The Morgan fingerprint density at radius 3 is 0.955 bits per heavy atom. The maximum absolute atomic E-state index is 13.1. The van der Waals surface area contributed by atoms with Gasteiger partial charge in [0, 0.05) is 0 Å². The van der Waals surface area contributed by atoms with Gasteiger partial charge in [-0.2, -0.15) is 57.1 Å². The molecule has 132 valence electrons. The average Bonchev–Trinajstić information content (AvgIpc) is 2.23. The van der Waals surface area contributed by atoms with E-state index >= 15 is 0 Å². The molecule has 0 radical (unpaired) electrons. The summed E-state index contributed by atoms with van der Waals surface area (Å²) in [6.45, 7) is 0. The maximum Gasteiger partial charge on any atom is 0.460 e. The Kier molecular flexibility index (Phi) is 4.55. The largest absolute Gasteiger partial charge is 0.460 e. The minimum atomic E-state index is -8.12. The van der Waals surface area contributed by atoms with Gasteiger partial charge in [-0.1, -0.05) is 0 Å². The van der Waals surface area contributed by atoms with Crippen molar-refractivity contribution in [3.8, 4) is 0 Å². The minimum Gasteiger partial charge on any atom is -0.257 e. The van der Waals surface area contributed by atoms with Crippen molar-refractivity contribution < 1.29 is 66.3 Å². The second kappa shape index (κ2) is 4.84. The zero-order valence-electron chi connectivity index (χ0n) is 9.20. The molecule has 0 amide bonds. The average molecular weight is 366 g/mol. The molecule has 0 fully saturated rings. The molecule has 0 spiro atoms. The van der Waals surface area contributed by atoms with Gasteiger partial charge in [-0.05, 0) is 0 Å². The van der Waals surface area contributed by atoms with Crippen molar-refractivity contribution in [2.75, 3.05) is 0 Å². The third-order valence-corrected chi connectivity index (χ3v) is 2.24. The highest BCUT2D eigenvalue weighted by molar-refractivity contribution is 5.82. The summed E-state index contributed by atoms with van der Waals surface area (Å²) in [6.07, 6.45) is -15.2. The molecule has 0 aromatic carbocycles. The summed E-state index contributed by atoms with van der Waals surface area (Å²) >= 11 is 0. The smallest absolute Gasteiger partial charge is 0.257 e. The van der Waals surface area contributed by atoms with Crippen LogP contribution in [0.2, 0.25) is 0 Å². The number of halogens is 14. The lowest BCUT2D eigenvalue weighted by atomic mass is 9.86. The number of alkyl halides is 13. The second-order valence-corrected chi connectivity index (χ2v) is 3.65. The van der Waals surface area contributed by atoms with Gasteiger partial charge in [-0.25, -0.2) is 4.39 Å². The quantitative estimate of drug-likeness (QED) is 0.538. The molecule has 0 aliphatic carbocycles. The summed E-state index contributed by atoms with van der Waals surface area (Å²) in [5.74, 6) is -23.9. The fourth-order valence-corrected chi connectivity index (χ4v) is 1.03. The normalized spacial score (nSPS) is 18.1. The van der Waals surface area contributed by atoms with E-state index in [1.807, 2.05) is 0 Å². The highest BCUT2D eigenvalue weighted by Crippen LogP contribution is 2.60. The maximum atomic E-state index is 13.1. The Balaban J connectivity index is 6.61. The Bertz CT molecular complexity index is 443. The molecule has 22 heavy (non-hydrogen) atoms. The van der Waals surface area contributed by atoms with Crippen LogP contribution in [0, 0.1) is 0 Å². The minimum absolute atomic E-state index is 5.07. The zero-order chi connectivity index (χ0) is 18.6. The summed E-state index contributed by atoms with van der Waals surface area (Å²) < 4.78 is 170. The Morgan fingerprint density at radius 2 is 0.773 bits per heavy atom. The summed E-state index contributed by atoms with van der Waals surface area (Å²) in [7, 11) is 0. The summed E-state index contributed by atoms with van der Waals surface area (Å²) in [5.41, 5.74) is -7.85. The van der Waals surface area contributed by atoms with Gasteiger partial charge < -0.3 is 0 Å². The fraction of sp³-hybridized carbons (Fsp3) is 0.857. The van der Waals surface area contributed by atoms with Gasteiger partial charge in [0.1, 0.15) is 0 Å². The van der Waals surface area contributed by atoms with E-state index in [9.17, 15) is 66.3 Å². The van der Waals surface area contributed by atoms with E-state index in [-0.39, 0.29) is 0 Å². The first-order chi connectivity index (χ1) is 9.19. The molecule has 0 aliphatic heterocycles. The fourth-order valence-electron chi connectivity index (χ4n) is 1.03. The van der Waals surface area contributed by atoms with Crippen molar-refractivity contribution in [2.24, 2.45) is 0 Å². The molecular formula is C7F14O. The van der Waals surface area contributed by atoms with Crippen LogP contribution >= 0.6 is 0 Å². The van der Waals surface area contributed by atoms with Gasteiger partial charge in [-0.15, -0.1) is 0 Å². The third kappa shape index (κ3) is 2.37. The van der Waals surface area contributed by atoms with Gasteiger partial charge in [-0.3, -0.25) is 4.79 Å². The highest BCUT2D eigenvalue weighted by atomic mass is 19.4. The molecule has 0 bridgehead atoms. The van der Waals surface area contributed by atoms with E-state index < -0.39 is 41.8 Å². The van der Waals surface area contributed by atoms with Gasteiger partial charge in [0.15, 0.2) is 0 Å². The predicted molar refractivity (Wildman–Crippen MR) is 36.9 cm³/mol. The number of hydrogen-bond donors (Lipinski definition) is 0. The molecule has 0 aromatic heterocycles. The van der Waals surface area contributed by atoms with Crippen molar-refractivity contribution in [3.05, 3.63) is 0 Å². The van der Waals surface area contributed by atoms with E-state index in [0.29, 0.717) is 0 Å². The Labute approximate surface area is 109 Å². The van der Waals surface area contributed by atoms with Crippen LogP contribution in [0.4, 0.5) is 61.5 Å². The number of carbonyl (C=O) groups is 1. The molecule has 1 nitrogen and oxygen atoms in total. The van der Waals surface area contributed by atoms with Crippen molar-refractivity contribution in [3.63, 3.8) is 0 Å². The van der Waals surface area contributed by atoms with Crippen LogP contribution < -0.4 is 0 Å². The SMILES string of the molecule is O=C(F)C(F)(C(F)(F)C(F)(F)F)C(F)(F)C(F)(F)C(F)(F)F. The van der Waals surface area contributed by atoms with Crippen LogP contribution in [0.15, 0.2) is 0 Å². The molecule has 0 aromatic rings. The van der Waals surface area contributed by atoms with Crippen molar-refractivity contribution in [1.29, 1.82) is 0 Å². The summed E-state index contributed by atoms with van der Waals surface area (Å²) in [4.78, 5) is 9.78. The van der Waals surface area contributed by atoms with Gasteiger partial charge in [0.25, 0.3) is 0 Å². The molecule has 0 rings (SSSR count). The monoisotopic (exact) mass is 366 g/mol. The summed E-state index contributed by atoms with van der Waals surface area (Å²) in [5, 5.41) is 0. The standard InChI is InChI=1S/C7F14O/c8-1(22)2(9,4(12,13)6(16,17)18)3(10,11)5(14,15)7(19,20)21. The lowest BCUT2D eigenvalue weighted by Crippen LogP contribution is -2.73. The Hall–Kier alpha value is -1.31. The van der Waals surface area contributed by atoms with Gasteiger partial charge in [0.05, 0.1) is 0 Å². The van der Waals surface area contributed by atoms with Crippen LogP contribution in [0.3, 0.4) is 0 Å². The lowest BCUT2D eigenvalue weighted by Gasteiger charge is -2.39. The number of hydrogen-bond acceptors (Lipinski definition) is 1. The lowest BCUT2D eigenvalue weighted by molar-refractivity contribution is -0.416. The molecule has 0 N–H and O–H groups in total. The van der Waals surface area contributed by atoms with Crippen LogP contribution in [0.25, 0.3) is 0 Å². The Morgan fingerprint density at radius 1 is 0.500 bits per heavy atom. The van der Waals surface area contributed by atoms with E-state index in [4.69, 9.17) is 0 Å². The topological polar surface area (TPSA) is 17.1 Å². The van der Waals surface area contributed by atoms with Crippen molar-refractivity contribution in [1.82, 2.24) is 0 Å². The van der Waals surface area contributed by atoms with Gasteiger partial charge in [0.2, 0.25) is 0 Å². The first-order valence-electron chi connectivity index (χ1n) is 4.35. The molecule has 0 aliphatic rings. The second-order valence-electron chi connectivity index (χ2n) is 3.65. The van der Waals surface area contributed by atoms with Crippen LogP contribution in [-0.2, 0) is 4.79 Å². The van der Waals surface area contributed by atoms with E-state index in [1.165, 1.54) is 0 Å². The summed E-state index contributed by atoms with van der Waals surface area (Å²) in [6, 6.07) is -5.07. The van der Waals surface area contributed by atoms with Crippen LogP contribution in [0.1, 0.15) is 0 Å². The molecule has 15 heteroatoms. The van der Waals surface area contributed by atoms with Gasteiger partial charge >= 0.3 is 41.8 Å². The molecule has 1 unspecified atom stereocenters. The first-order valence-corrected chi connectivity index (χ1v) is 4.35. The van der Waals surface area contributed by atoms with Crippen molar-refractivity contribution >= 4 is 6.04 Å². The van der Waals surface area contributed by atoms with E-state index in [1.54, 1.807) is 0 Å². The zero-order valence-corrected chi connectivity index (χ0v) is 9.20. The number of rotatable bonds is 4. The van der Waals surface area contributed by atoms with Crippen LogP contribution in [-0.4, -0.2) is 41.8 Å². The van der Waals surface area contributed by atoms with E-state index in [0.717, 1.165) is 0 Å². The van der Waals surface area contributed by atoms with Crippen molar-refractivity contribution in [2.45, 2.75) is 35.8 Å².